The van der Waals surface area contributed by atoms with Gasteiger partial charge >= 0.3 is 5.97 Å². The number of aryl methyl sites for hydroxylation is 1. The van der Waals surface area contributed by atoms with Crippen molar-refractivity contribution in [1.82, 2.24) is 14.7 Å². The molecule has 1 amide bonds. The minimum Gasteiger partial charge on any atom is -0.478 e. The average molecular weight is 319 g/mol. The minimum absolute atomic E-state index is 0.0334. The van der Waals surface area contributed by atoms with E-state index in [0.717, 1.165) is 29.8 Å². The minimum atomic E-state index is -0.982. The Morgan fingerprint density at radius 1 is 1.45 bits per heavy atom. The molecular formula is C15H17N3O3S. The van der Waals surface area contributed by atoms with Crippen LogP contribution in [-0.4, -0.2) is 44.8 Å². The molecule has 1 aliphatic rings. The second-order valence-electron chi connectivity index (χ2n) is 5.49. The highest BCUT2D eigenvalue weighted by atomic mass is 32.1. The zero-order valence-electron chi connectivity index (χ0n) is 12.2. The molecule has 0 spiro atoms. The van der Waals surface area contributed by atoms with Crippen molar-refractivity contribution in [1.29, 1.82) is 0 Å². The molecule has 3 heterocycles. The van der Waals surface area contributed by atoms with E-state index in [2.05, 4.69) is 5.10 Å². The Hall–Kier alpha value is -2.15. The zero-order valence-corrected chi connectivity index (χ0v) is 13.0. The fraction of sp³-hybridized carbons (Fsp3) is 0.400. The molecule has 1 N–H and O–H groups in total. The summed E-state index contributed by atoms with van der Waals surface area (Å²) in [5.41, 5.74) is 1.18. The summed E-state index contributed by atoms with van der Waals surface area (Å²) in [4.78, 5) is 26.2. The number of hydrogen-bond acceptors (Lipinski definition) is 4. The van der Waals surface area contributed by atoms with Gasteiger partial charge in [0.1, 0.15) is 0 Å². The van der Waals surface area contributed by atoms with Crippen LogP contribution < -0.4 is 0 Å². The van der Waals surface area contributed by atoms with Crippen LogP contribution in [0.3, 0.4) is 0 Å². The van der Waals surface area contributed by atoms with Crippen LogP contribution >= 0.6 is 11.3 Å². The van der Waals surface area contributed by atoms with Crippen molar-refractivity contribution >= 4 is 23.2 Å². The summed E-state index contributed by atoms with van der Waals surface area (Å²) < 4.78 is 1.67. The molecule has 0 bridgehead atoms. The molecule has 0 aliphatic carbocycles. The molecule has 1 atom stereocenters. The van der Waals surface area contributed by atoms with E-state index in [1.54, 1.807) is 4.68 Å². The fourth-order valence-corrected chi connectivity index (χ4v) is 3.63. The van der Waals surface area contributed by atoms with Crippen LogP contribution in [-0.2, 0) is 0 Å². The second kappa shape index (κ2) is 5.92. The van der Waals surface area contributed by atoms with E-state index in [-0.39, 0.29) is 17.5 Å². The molecule has 3 rings (SSSR count). The first-order valence-corrected chi connectivity index (χ1v) is 8.05. The van der Waals surface area contributed by atoms with Gasteiger partial charge in [0.2, 0.25) is 0 Å². The Kier molecular flexibility index (Phi) is 3.98. The van der Waals surface area contributed by atoms with Gasteiger partial charge < -0.3 is 10.0 Å². The van der Waals surface area contributed by atoms with E-state index in [1.807, 2.05) is 23.3 Å². The molecule has 0 saturated carbocycles. The van der Waals surface area contributed by atoms with Crippen LogP contribution in [0.2, 0.25) is 0 Å². The van der Waals surface area contributed by atoms with Crippen LogP contribution in [0.15, 0.2) is 23.8 Å². The number of piperidine rings is 1. The maximum atomic E-state index is 12.6. The number of rotatable bonds is 3. The molecule has 0 radical (unpaired) electrons. The molecule has 2 aromatic rings. The second-order valence-corrected chi connectivity index (χ2v) is 6.41. The third-order valence-electron chi connectivity index (χ3n) is 3.96. The quantitative estimate of drug-likeness (QED) is 0.943. The van der Waals surface area contributed by atoms with Gasteiger partial charge in [0.25, 0.3) is 5.91 Å². The summed E-state index contributed by atoms with van der Waals surface area (Å²) in [5, 5.41) is 15.0. The average Bonchev–Trinajstić information content (AvgIpc) is 3.15. The summed E-state index contributed by atoms with van der Waals surface area (Å²) in [6.07, 6.45) is 4.68. The first kappa shape index (κ1) is 14.8. The van der Waals surface area contributed by atoms with Gasteiger partial charge in [-0.05, 0) is 36.8 Å². The standard InChI is InChI=1S/C15H17N3O3S/c1-10-4-6-22-13(10)14(19)17-5-2-3-12(9-17)18-8-11(7-16-18)15(20)21/h4,6-8,12H,2-3,5,9H2,1H3,(H,20,21)/t12-/m0/s1. The van der Waals surface area contributed by atoms with E-state index in [9.17, 15) is 9.59 Å². The molecule has 0 unspecified atom stereocenters. The number of carboxylic acid groups (broad SMARTS) is 1. The van der Waals surface area contributed by atoms with Gasteiger partial charge in [0.15, 0.2) is 0 Å². The highest BCUT2D eigenvalue weighted by Crippen LogP contribution is 2.25. The normalized spacial score (nSPS) is 18.4. The predicted octanol–water partition coefficient (Wildman–Crippen LogP) is 2.43. The van der Waals surface area contributed by atoms with Crippen LogP contribution in [0.1, 0.15) is 44.5 Å². The first-order chi connectivity index (χ1) is 10.6. The lowest BCUT2D eigenvalue weighted by molar-refractivity contribution is 0.0669. The van der Waals surface area contributed by atoms with E-state index in [0.29, 0.717) is 6.54 Å². The Bertz CT molecular complexity index is 706. The van der Waals surface area contributed by atoms with Crippen molar-refractivity contribution in [2.24, 2.45) is 0 Å². The van der Waals surface area contributed by atoms with Crippen molar-refractivity contribution in [3.05, 3.63) is 39.8 Å². The lowest BCUT2D eigenvalue weighted by Gasteiger charge is -2.32. The highest BCUT2D eigenvalue weighted by Gasteiger charge is 2.27. The molecule has 7 heteroatoms. The summed E-state index contributed by atoms with van der Waals surface area (Å²) in [6.45, 7) is 3.24. The van der Waals surface area contributed by atoms with Gasteiger partial charge in [0.05, 0.1) is 22.7 Å². The lowest BCUT2D eigenvalue weighted by Crippen LogP contribution is -2.40. The van der Waals surface area contributed by atoms with Gasteiger partial charge in [-0.25, -0.2) is 4.79 Å². The summed E-state index contributed by atoms with van der Waals surface area (Å²) >= 11 is 1.47. The zero-order chi connectivity index (χ0) is 15.7. The first-order valence-electron chi connectivity index (χ1n) is 7.17. The number of aromatic carboxylic acids is 1. The number of carbonyl (C=O) groups excluding carboxylic acids is 1. The Labute approximate surface area is 132 Å². The molecule has 22 heavy (non-hydrogen) atoms. The number of amides is 1. The SMILES string of the molecule is Cc1ccsc1C(=O)N1CCC[C@H](n2cc(C(=O)O)cn2)C1. The van der Waals surface area contributed by atoms with Gasteiger partial charge in [0, 0.05) is 19.3 Å². The lowest BCUT2D eigenvalue weighted by atomic mass is 10.1. The molecule has 1 aliphatic heterocycles. The fourth-order valence-electron chi connectivity index (χ4n) is 2.74. The van der Waals surface area contributed by atoms with E-state index in [1.165, 1.54) is 23.7 Å². The maximum absolute atomic E-state index is 12.6. The van der Waals surface area contributed by atoms with Gasteiger partial charge in [-0.15, -0.1) is 11.3 Å². The van der Waals surface area contributed by atoms with Crippen LogP contribution in [0.4, 0.5) is 0 Å². The summed E-state index contributed by atoms with van der Waals surface area (Å²) in [6, 6.07) is 1.98. The molecular weight excluding hydrogens is 302 g/mol. The molecule has 1 saturated heterocycles. The molecule has 1 fully saturated rings. The molecule has 2 aromatic heterocycles. The summed E-state index contributed by atoms with van der Waals surface area (Å²) in [5.74, 6) is -0.924. The largest absolute Gasteiger partial charge is 0.478 e. The number of aromatic nitrogens is 2. The van der Waals surface area contributed by atoms with Gasteiger partial charge in [-0.1, -0.05) is 0 Å². The summed E-state index contributed by atoms with van der Waals surface area (Å²) in [7, 11) is 0. The molecule has 6 nitrogen and oxygen atoms in total. The number of likely N-dealkylation sites (tertiary alicyclic amines) is 1. The van der Waals surface area contributed by atoms with Gasteiger partial charge in [-0.3, -0.25) is 9.48 Å². The van der Waals surface area contributed by atoms with E-state index < -0.39 is 5.97 Å². The topological polar surface area (TPSA) is 75.4 Å². The maximum Gasteiger partial charge on any atom is 0.338 e. The number of carbonyl (C=O) groups is 2. The van der Waals surface area contributed by atoms with E-state index >= 15 is 0 Å². The van der Waals surface area contributed by atoms with Crippen molar-refractivity contribution in [3.63, 3.8) is 0 Å². The van der Waals surface area contributed by atoms with Crippen LogP contribution in [0.25, 0.3) is 0 Å². The smallest absolute Gasteiger partial charge is 0.338 e. The van der Waals surface area contributed by atoms with Crippen molar-refractivity contribution in [2.75, 3.05) is 13.1 Å². The number of hydrogen-bond donors (Lipinski definition) is 1. The van der Waals surface area contributed by atoms with Crippen LogP contribution in [0, 0.1) is 6.92 Å². The third kappa shape index (κ3) is 2.76. The monoisotopic (exact) mass is 319 g/mol. The Balaban J connectivity index is 1.75. The van der Waals surface area contributed by atoms with Crippen LogP contribution in [0.5, 0.6) is 0 Å². The molecule has 116 valence electrons. The van der Waals surface area contributed by atoms with Crippen molar-refractivity contribution in [3.8, 4) is 0 Å². The van der Waals surface area contributed by atoms with Gasteiger partial charge in [-0.2, -0.15) is 5.10 Å². The number of thiophene rings is 1. The predicted molar refractivity (Wildman–Crippen MR) is 82.4 cm³/mol. The van der Waals surface area contributed by atoms with Crippen molar-refractivity contribution in [2.45, 2.75) is 25.8 Å². The number of carboxylic acids is 1. The van der Waals surface area contributed by atoms with Crippen molar-refractivity contribution < 1.29 is 14.7 Å². The Morgan fingerprint density at radius 3 is 2.91 bits per heavy atom. The third-order valence-corrected chi connectivity index (χ3v) is 4.97. The Morgan fingerprint density at radius 2 is 2.27 bits per heavy atom. The number of nitrogens with zero attached hydrogens (tertiary/aromatic N) is 3. The highest BCUT2D eigenvalue weighted by molar-refractivity contribution is 7.12. The van der Waals surface area contributed by atoms with E-state index in [4.69, 9.17) is 5.11 Å². The molecule has 0 aromatic carbocycles.